The molecule has 1 aliphatic rings. The quantitative estimate of drug-likeness (QED) is 0.723. The summed E-state index contributed by atoms with van der Waals surface area (Å²) in [5.74, 6) is 0.201. The molecule has 0 aromatic carbocycles. The van der Waals surface area contributed by atoms with Gasteiger partial charge in [0.05, 0.1) is 17.6 Å². The molecule has 0 radical (unpaired) electrons. The minimum atomic E-state index is -0.0894. The van der Waals surface area contributed by atoms with Crippen LogP contribution in [0.4, 0.5) is 10.3 Å². The smallest absolute Gasteiger partial charge is 0.236 e. The Labute approximate surface area is 146 Å². The van der Waals surface area contributed by atoms with Gasteiger partial charge >= 0.3 is 0 Å². The number of hydrogen-bond donors (Lipinski definition) is 2. The standard InChI is InChI=1S/C13H17N5O2S3/c1-8-6-21-12(15-8)16-10(19)7-22-13-18-17-11(23-13)14-5-9-3-2-4-20-9/h6,9H,2-5,7H2,1H3,(H,14,17)(H,15,16,19)/t9-/m0/s1. The Morgan fingerprint density at radius 3 is 3.13 bits per heavy atom. The maximum Gasteiger partial charge on any atom is 0.236 e. The summed E-state index contributed by atoms with van der Waals surface area (Å²) < 4.78 is 6.32. The van der Waals surface area contributed by atoms with Crippen molar-refractivity contribution < 1.29 is 9.53 Å². The molecule has 0 unspecified atom stereocenters. The van der Waals surface area contributed by atoms with Crippen LogP contribution in [0.15, 0.2) is 9.72 Å². The summed E-state index contributed by atoms with van der Waals surface area (Å²) in [6.07, 6.45) is 2.48. The molecule has 1 fully saturated rings. The molecule has 0 saturated carbocycles. The third-order valence-corrected chi connectivity index (χ3v) is 5.99. The molecule has 2 aromatic rings. The maximum absolute atomic E-state index is 11.9. The van der Waals surface area contributed by atoms with E-state index in [0.29, 0.717) is 10.9 Å². The van der Waals surface area contributed by atoms with E-state index in [2.05, 4.69) is 25.8 Å². The minimum Gasteiger partial charge on any atom is -0.376 e. The van der Waals surface area contributed by atoms with Crippen LogP contribution in [0.1, 0.15) is 18.5 Å². The van der Waals surface area contributed by atoms with Crippen LogP contribution in [-0.4, -0.2) is 46.1 Å². The topological polar surface area (TPSA) is 89.0 Å². The van der Waals surface area contributed by atoms with Gasteiger partial charge in [-0.25, -0.2) is 4.98 Å². The molecule has 1 amide bonds. The van der Waals surface area contributed by atoms with Gasteiger partial charge in [-0.2, -0.15) is 0 Å². The number of aromatic nitrogens is 3. The SMILES string of the molecule is Cc1csc(NC(=O)CSc2nnc(NC[C@@H]3CCCO3)s2)n1. The predicted octanol–water partition coefficient (Wildman–Crippen LogP) is 2.62. The lowest BCUT2D eigenvalue weighted by Crippen LogP contribution is -2.18. The second-order valence-corrected chi connectivity index (χ2v) is 8.08. The van der Waals surface area contributed by atoms with Gasteiger partial charge in [0.25, 0.3) is 0 Å². The fourth-order valence-electron chi connectivity index (χ4n) is 2.04. The van der Waals surface area contributed by atoms with Gasteiger partial charge in [-0.1, -0.05) is 23.1 Å². The van der Waals surface area contributed by atoms with Crippen LogP contribution in [0, 0.1) is 6.92 Å². The molecule has 2 N–H and O–H groups in total. The molecule has 124 valence electrons. The second kappa shape index (κ2) is 8.04. The zero-order valence-corrected chi connectivity index (χ0v) is 15.0. The summed E-state index contributed by atoms with van der Waals surface area (Å²) >= 11 is 4.24. The van der Waals surface area contributed by atoms with Crippen molar-refractivity contribution in [2.75, 3.05) is 29.5 Å². The lowest BCUT2D eigenvalue weighted by Gasteiger charge is -2.08. The number of thiazole rings is 1. The van der Waals surface area contributed by atoms with Crippen LogP contribution in [-0.2, 0) is 9.53 Å². The predicted molar refractivity (Wildman–Crippen MR) is 93.6 cm³/mol. The number of rotatable bonds is 7. The highest BCUT2D eigenvalue weighted by Crippen LogP contribution is 2.26. The van der Waals surface area contributed by atoms with Crippen molar-refractivity contribution in [2.45, 2.75) is 30.2 Å². The van der Waals surface area contributed by atoms with Gasteiger partial charge in [0.2, 0.25) is 11.0 Å². The van der Waals surface area contributed by atoms with Crippen molar-refractivity contribution in [3.8, 4) is 0 Å². The molecule has 1 saturated heterocycles. The van der Waals surface area contributed by atoms with Crippen LogP contribution in [0.3, 0.4) is 0 Å². The molecule has 3 rings (SSSR count). The van der Waals surface area contributed by atoms with E-state index in [9.17, 15) is 4.79 Å². The number of nitrogens with one attached hydrogen (secondary N) is 2. The van der Waals surface area contributed by atoms with E-state index in [1.54, 1.807) is 0 Å². The first kappa shape index (κ1) is 16.6. The van der Waals surface area contributed by atoms with Gasteiger partial charge in [-0.3, -0.25) is 4.79 Å². The first-order valence-electron chi connectivity index (χ1n) is 7.23. The summed E-state index contributed by atoms with van der Waals surface area (Å²) in [5.41, 5.74) is 0.907. The lowest BCUT2D eigenvalue weighted by atomic mass is 10.2. The van der Waals surface area contributed by atoms with Gasteiger partial charge in [0.1, 0.15) is 0 Å². The zero-order valence-electron chi connectivity index (χ0n) is 12.6. The minimum absolute atomic E-state index is 0.0894. The number of thioether (sulfide) groups is 1. The summed E-state index contributed by atoms with van der Waals surface area (Å²) in [7, 11) is 0. The molecular formula is C13H17N5O2S3. The highest BCUT2D eigenvalue weighted by atomic mass is 32.2. The Bertz CT molecular complexity index is 654. The van der Waals surface area contributed by atoms with Gasteiger partial charge in [0, 0.05) is 18.5 Å². The van der Waals surface area contributed by atoms with E-state index in [-0.39, 0.29) is 12.0 Å². The molecule has 0 bridgehead atoms. The van der Waals surface area contributed by atoms with Gasteiger partial charge in [0.15, 0.2) is 9.47 Å². The van der Waals surface area contributed by atoms with Crippen LogP contribution in [0.25, 0.3) is 0 Å². The van der Waals surface area contributed by atoms with E-state index in [4.69, 9.17) is 4.74 Å². The molecular weight excluding hydrogens is 354 g/mol. The largest absolute Gasteiger partial charge is 0.376 e. The molecule has 1 atom stereocenters. The molecule has 0 spiro atoms. The maximum atomic E-state index is 11.9. The Morgan fingerprint density at radius 1 is 1.48 bits per heavy atom. The zero-order chi connectivity index (χ0) is 16.1. The number of aryl methyl sites for hydroxylation is 1. The van der Waals surface area contributed by atoms with Crippen LogP contribution < -0.4 is 10.6 Å². The monoisotopic (exact) mass is 371 g/mol. The number of ether oxygens (including phenoxy) is 1. The first-order valence-corrected chi connectivity index (χ1v) is 9.91. The highest BCUT2D eigenvalue weighted by Gasteiger charge is 2.16. The molecule has 3 heterocycles. The average Bonchev–Trinajstić information content (AvgIpc) is 3.25. The Kier molecular flexibility index (Phi) is 5.81. The molecule has 7 nitrogen and oxygen atoms in total. The summed E-state index contributed by atoms with van der Waals surface area (Å²) in [5, 5.41) is 17.5. The highest BCUT2D eigenvalue weighted by molar-refractivity contribution is 8.01. The van der Waals surface area contributed by atoms with Crippen LogP contribution >= 0.6 is 34.4 Å². The van der Waals surface area contributed by atoms with Crippen molar-refractivity contribution in [3.05, 3.63) is 11.1 Å². The number of nitrogens with zero attached hydrogens (tertiary/aromatic N) is 3. The van der Waals surface area contributed by atoms with Gasteiger partial charge in [-0.05, 0) is 19.8 Å². The van der Waals surface area contributed by atoms with Crippen molar-refractivity contribution >= 4 is 50.6 Å². The normalized spacial score (nSPS) is 17.3. The van der Waals surface area contributed by atoms with Crippen molar-refractivity contribution in [1.29, 1.82) is 0 Å². The molecule has 0 aliphatic carbocycles. The average molecular weight is 372 g/mol. The van der Waals surface area contributed by atoms with Crippen molar-refractivity contribution in [1.82, 2.24) is 15.2 Å². The lowest BCUT2D eigenvalue weighted by molar-refractivity contribution is -0.113. The van der Waals surface area contributed by atoms with Crippen molar-refractivity contribution in [3.63, 3.8) is 0 Å². The van der Waals surface area contributed by atoms with Crippen molar-refractivity contribution in [2.24, 2.45) is 0 Å². The summed E-state index contributed by atoms with van der Waals surface area (Å²) in [6, 6.07) is 0. The van der Waals surface area contributed by atoms with Gasteiger partial charge in [-0.15, -0.1) is 21.5 Å². The van der Waals surface area contributed by atoms with E-state index in [1.165, 1.54) is 34.4 Å². The Morgan fingerprint density at radius 2 is 2.39 bits per heavy atom. The summed E-state index contributed by atoms with van der Waals surface area (Å²) in [6.45, 7) is 3.49. The Balaban J connectivity index is 1.40. The van der Waals surface area contributed by atoms with E-state index >= 15 is 0 Å². The molecule has 23 heavy (non-hydrogen) atoms. The van der Waals surface area contributed by atoms with Crippen LogP contribution in [0.5, 0.6) is 0 Å². The fraction of sp³-hybridized carbons (Fsp3) is 0.538. The first-order chi connectivity index (χ1) is 11.2. The third-order valence-electron chi connectivity index (χ3n) is 3.10. The van der Waals surface area contributed by atoms with Gasteiger partial charge < -0.3 is 15.4 Å². The third kappa shape index (κ3) is 5.13. The number of carbonyl (C=O) groups is 1. The molecule has 10 heteroatoms. The van der Waals surface area contributed by atoms with E-state index in [0.717, 1.165) is 41.2 Å². The Hall–Kier alpha value is -1.23. The molecule has 1 aliphatic heterocycles. The van der Waals surface area contributed by atoms with E-state index < -0.39 is 0 Å². The fourth-order valence-corrected chi connectivity index (χ4v) is 4.30. The number of carbonyl (C=O) groups excluding carboxylic acids is 1. The number of amides is 1. The summed E-state index contributed by atoms with van der Waals surface area (Å²) in [4.78, 5) is 16.1. The van der Waals surface area contributed by atoms with Crippen LogP contribution in [0.2, 0.25) is 0 Å². The number of hydrogen-bond acceptors (Lipinski definition) is 9. The van der Waals surface area contributed by atoms with E-state index in [1.807, 2.05) is 12.3 Å². The second-order valence-electron chi connectivity index (χ2n) is 5.02. The number of anilines is 2. The molecule has 2 aromatic heterocycles.